The molecule has 0 amide bonds. The summed E-state index contributed by atoms with van der Waals surface area (Å²) in [6.45, 7) is 7.07. The number of hydrogen-bond acceptors (Lipinski definition) is 1. The third-order valence-electron chi connectivity index (χ3n) is 5.76. The van der Waals surface area contributed by atoms with Crippen molar-refractivity contribution in [3.63, 3.8) is 0 Å². The van der Waals surface area contributed by atoms with Gasteiger partial charge in [-0.2, -0.15) is 0 Å². The van der Waals surface area contributed by atoms with Gasteiger partial charge in [0.05, 0.1) is 6.10 Å². The van der Waals surface area contributed by atoms with Crippen molar-refractivity contribution < 1.29 is 5.11 Å². The van der Waals surface area contributed by atoms with Crippen molar-refractivity contribution in [1.29, 1.82) is 0 Å². The van der Waals surface area contributed by atoms with Crippen molar-refractivity contribution in [2.75, 3.05) is 0 Å². The Hall–Kier alpha value is -0.0400. The third-order valence-corrected chi connectivity index (χ3v) is 5.76. The second-order valence-corrected chi connectivity index (χ2v) is 5.56. The molecule has 1 spiro atoms. The van der Waals surface area contributed by atoms with Crippen LogP contribution in [0.5, 0.6) is 0 Å². The summed E-state index contributed by atoms with van der Waals surface area (Å²) in [7, 11) is 0. The van der Waals surface area contributed by atoms with Crippen LogP contribution in [0.1, 0.15) is 33.6 Å². The number of rotatable bonds is 0. The van der Waals surface area contributed by atoms with E-state index in [1.54, 1.807) is 0 Å². The Morgan fingerprint density at radius 1 is 1.25 bits per heavy atom. The Morgan fingerprint density at radius 2 is 1.83 bits per heavy atom. The summed E-state index contributed by atoms with van der Waals surface area (Å²) in [5.74, 6) is 2.24. The minimum absolute atomic E-state index is 0.0497. The Balaban J connectivity index is 1.97. The first-order chi connectivity index (χ1) is 5.56. The molecule has 68 valence electrons. The van der Waals surface area contributed by atoms with Crippen LogP contribution in [0.15, 0.2) is 0 Å². The fraction of sp³-hybridized carbons (Fsp3) is 1.00. The molecule has 5 atom stereocenters. The minimum atomic E-state index is 0.0497. The molecule has 0 bridgehead atoms. The van der Waals surface area contributed by atoms with Crippen molar-refractivity contribution >= 4 is 0 Å². The van der Waals surface area contributed by atoms with Crippen molar-refractivity contribution in [1.82, 2.24) is 0 Å². The standard InChI is InChI=1S/C11H18O/c1-6-7(2)10(3)8(6)9(12)11(10)4-5-11/h6-9,12H,4-5H2,1-3H3. The van der Waals surface area contributed by atoms with Gasteiger partial charge in [0.25, 0.3) is 0 Å². The number of hydrogen-bond donors (Lipinski definition) is 1. The largest absolute Gasteiger partial charge is 0.392 e. The van der Waals surface area contributed by atoms with Gasteiger partial charge in [-0.15, -0.1) is 0 Å². The summed E-state index contributed by atoms with van der Waals surface area (Å²) in [6.07, 6.45) is 2.63. The molecular formula is C11H18O. The SMILES string of the molecule is CC1C(C)C2(C)C1C(O)C21CC1. The van der Waals surface area contributed by atoms with Gasteiger partial charge >= 0.3 is 0 Å². The Bertz CT molecular complexity index is 243. The van der Waals surface area contributed by atoms with E-state index >= 15 is 0 Å². The zero-order valence-electron chi connectivity index (χ0n) is 8.17. The van der Waals surface area contributed by atoms with Crippen molar-refractivity contribution in [2.45, 2.75) is 39.7 Å². The first kappa shape index (κ1) is 7.37. The molecule has 1 heteroatoms. The number of fused-ring (bicyclic) bond motifs is 2. The summed E-state index contributed by atoms with van der Waals surface area (Å²) in [6, 6.07) is 0. The molecule has 1 nitrogen and oxygen atoms in total. The van der Waals surface area contributed by atoms with Crippen LogP contribution in [-0.2, 0) is 0 Å². The summed E-state index contributed by atoms with van der Waals surface area (Å²) in [5.41, 5.74) is 0.912. The second kappa shape index (κ2) is 1.61. The molecule has 0 aliphatic heterocycles. The topological polar surface area (TPSA) is 20.2 Å². The molecule has 3 saturated carbocycles. The highest BCUT2D eigenvalue weighted by Crippen LogP contribution is 2.84. The average Bonchev–Trinajstić information content (AvgIpc) is 2.83. The van der Waals surface area contributed by atoms with Crippen LogP contribution in [-0.4, -0.2) is 11.2 Å². The molecule has 3 rings (SSSR count). The van der Waals surface area contributed by atoms with E-state index in [0.29, 0.717) is 16.7 Å². The van der Waals surface area contributed by atoms with Gasteiger partial charge in [0.1, 0.15) is 0 Å². The monoisotopic (exact) mass is 166 g/mol. The van der Waals surface area contributed by atoms with Gasteiger partial charge in [-0.05, 0) is 36.0 Å². The molecule has 3 aliphatic rings. The van der Waals surface area contributed by atoms with Crippen molar-refractivity contribution in [2.24, 2.45) is 28.6 Å². The maximum absolute atomic E-state index is 9.98. The van der Waals surface area contributed by atoms with Crippen molar-refractivity contribution in [3.8, 4) is 0 Å². The van der Waals surface area contributed by atoms with E-state index in [9.17, 15) is 5.11 Å². The molecule has 0 aromatic rings. The maximum Gasteiger partial charge on any atom is 0.0638 e. The summed E-state index contributed by atoms with van der Waals surface area (Å²) in [5, 5.41) is 9.98. The molecular weight excluding hydrogens is 148 g/mol. The normalized spacial score (nSPS) is 65.0. The highest BCUT2D eigenvalue weighted by atomic mass is 16.3. The lowest BCUT2D eigenvalue weighted by Gasteiger charge is -2.74. The maximum atomic E-state index is 9.98. The van der Waals surface area contributed by atoms with Crippen molar-refractivity contribution in [3.05, 3.63) is 0 Å². The highest BCUT2D eigenvalue weighted by Gasteiger charge is 2.82. The number of aliphatic hydroxyl groups excluding tert-OH is 1. The van der Waals surface area contributed by atoms with E-state index in [2.05, 4.69) is 20.8 Å². The van der Waals surface area contributed by atoms with Crippen LogP contribution < -0.4 is 0 Å². The molecule has 1 N–H and O–H groups in total. The molecule has 3 fully saturated rings. The summed E-state index contributed by atoms with van der Waals surface area (Å²) < 4.78 is 0. The van der Waals surface area contributed by atoms with E-state index in [1.165, 1.54) is 12.8 Å². The second-order valence-electron chi connectivity index (χ2n) is 5.56. The fourth-order valence-electron chi connectivity index (χ4n) is 4.52. The summed E-state index contributed by atoms with van der Waals surface area (Å²) >= 11 is 0. The van der Waals surface area contributed by atoms with Gasteiger partial charge in [-0.1, -0.05) is 20.8 Å². The van der Waals surface area contributed by atoms with Crippen LogP contribution in [0.2, 0.25) is 0 Å². The smallest absolute Gasteiger partial charge is 0.0638 e. The van der Waals surface area contributed by atoms with Crippen LogP contribution in [0.3, 0.4) is 0 Å². The molecule has 0 saturated heterocycles. The average molecular weight is 166 g/mol. The zero-order chi connectivity index (χ0) is 8.72. The van der Waals surface area contributed by atoms with E-state index in [1.807, 2.05) is 0 Å². The van der Waals surface area contributed by atoms with Gasteiger partial charge in [-0.3, -0.25) is 0 Å². The molecule has 3 aliphatic carbocycles. The predicted molar refractivity (Wildman–Crippen MR) is 47.6 cm³/mol. The molecule has 0 aromatic heterocycles. The molecule has 0 aromatic carbocycles. The Kier molecular flexibility index (Phi) is 0.991. The van der Waals surface area contributed by atoms with Gasteiger partial charge in [0, 0.05) is 5.41 Å². The lowest BCUT2D eigenvalue weighted by atomic mass is 9.31. The van der Waals surface area contributed by atoms with E-state index in [4.69, 9.17) is 0 Å². The van der Waals surface area contributed by atoms with E-state index < -0.39 is 0 Å². The fourth-order valence-corrected chi connectivity index (χ4v) is 4.52. The van der Waals surface area contributed by atoms with Crippen LogP contribution in [0.4, 0.5) is 0 Å². The lowest BCUT2D eigenvalue weighted by molar-refractivity contribution is -0.311. The molecule has 5 unspecified atom stereocenters. The lowest BCUT2D eigenvalue weighted by Crippen LogP contribution is -2.74. The highest BCUT2D eigenvalue weighted by molar-refractivity contribution is 5.30. The predicted octanol–water partition coefficient (Wildman–Crippen LogP) is 2.05. The van der Waals surface area contributed by atoms with E-state index in [0.717, 1.165) is 11.8 Å². The van der Waals surface area contributed by atoms with Gasteiger partial charge < -0.3 is 5.11 Å². The summed E-state index contributed by atoms with van der Waals surface area (Å²) in [4.78, 5) is 0. The van der Waals surface area contributed by atoms with E-state index in [-0.39, 0.29) is 6.10 Å². The minimum Gasteiger partial charge on any atom is -0.392 e. The Morgan fingerprint density at radius 3 is 2.33 bits per heavy atom. The number of aliphatic hydroxyl groups is 1. The molecule has 0 radical (unpaired) electrons. The van der Waals surface area contributed by atoms with Gasteiger partial charge in [-0.25, -0.2) is 0 Å². The Labute approximate surface area is 74.2 Å². The molecule has 12 heavy (non-hydrogen) atoms. The molecule has 0 heterocycles. The first-order valence-corrected chi connectivity index (χ1v) is 5.24. The van der Waals surface area contributed by atoms with Crippen LogP contribution in [0, 0.1) is 28.6 Å². The van der Waals surface area contributed by atoms with Gasteiger partial charge in [0.15, 0.2) is 0 Å². The zero-order valence-corrected chi connectivity index (χ0v) is 8.17. The van der Waals surface area contributed by atoms with Crippen LogP contribution in [0.25, 0.3) is 0 Å². The third kappa shape index (κ3) is 0.414. The van der Waals surface area contributed by atoms with Gasteiger partial charge in [0.2, 0.25) is 0 Å². The first-order valence-electron chi connectivity index (χ1n) is 5.24. The quantitative estimate of drug-likeness (QED) is 0.584. The van der Waals surface area contributed by atoms with Crippen LogP contribution >= 0.6 is 0 Å².